The van der Waals surface area contributed by atoms with Gasteiger partial charge >= 0.3 is 0 Å². The molecule has 1 amide bonds. The second-order valence-electron chi connectivity index (χ2n) is 5.39. The summed E-state index contributed by atoms with van der Waals surface area (Å²) in [6.07, 6.45) is 4.04. The van der Waals surface area contributed by atoms with E-state index >= 15 is 0 Å². The molecule has 17 heavy (non-hydrogen) atoms. The largest absolute Gasteiger partial charge is 0.352 e. The Balaban J connectivity index is 2.26. The predicted molar refractivity (Wildman–Crippen MR) is 75.1 cm³/mol. The Morgan fingerprint density at radius 3 is 2.59 bits per heavy atom. The highest BCUT2D eigenvalue weighted by atomic mass is 32.2. The van der Waals surface area contributed by atoms with E-state index in [0.717, 1.165) is 6.42 Å². The average Bonchev–Trinajstić information content (AvgIpc) is 2.28. The number of amides is 1. The Morgan fingerprint density at radius 1 is 1.41 bits per heavy atom. The number of nitrogens with one attached hydrogen (secondary N) is 1. The molecular weight excluding hydrogens is 232 g/mol. The first-order chi connectivity index (χ1) is 8.11. The molecule has 0 bridgehead atoms. The van der Waals surface area contributed by atoms with Crippen LogP contribution in [0.15, 0.2) is 0 Å². The second kappa shape index (κ2) is 7.98. The number of hydrogen-bond donors (Lipinski definition) is 2. The molecule has 1 fully saturated rings. The summed E-state index contributed by atoms with van der Waals surface area (Å²) in [5.74, 6) is 3.79. The van der Waals surface area contributed by atoms with Gasteiger partial charge in [-0.25, -0.2) is 0 Å². The number of carbonyl (C=O) groups is 1. The van der Waals surface area contributed by atoms with Crippen molar-refractivity contribution in [1.82, 2.24) is 5.32 Å². The molecule has 1 atom stereocenters. The fraction of sp³-hybridized carbons (Fsp3) is 0.923. The molecule has 0 aromatic carbocycles. The summed E-state index contributed by atoms with van der Waals surface area (Å²) in [7, 11) is 0. The van der Waals surface area contributed by atoms with Crippen LogP contribution < -0.4 is 11.1 Å². The van der Waals surface area contributed by atoms with Gasteiger partial charge in [0.25, 0.3) is 0 Å². The minimum atomic E-state index is 0.153. The van der Waals surface area contributed by atoms with Gasteiger partial charge in [-0.3, -0.25) is 4.79 Å². The minimum absolute atomic E-state index is 0.153. The zero-order valence-corrected chi connectivity index (χ0v) is 11.9. The van der Waals surface area contributed by atoms with Crippen LogP contribution in [0.5, 0.6) is 0 Å². The van der Waals surface area contributed by atoms with E-state index in [2.05, 4.69) is 19.2 Å². The zero-order valence-electron chi connectivity index (χ0n) is 11.1. The van der Waals surface area contributed by atoms with Gasteiger partial charge in [0.2, 0.25) is 5.91 Å². The molecule has 1 unspecified atom stereocenters. The smallest absolute Gasteiger partial charge is 0.220 e. The molecule has 3 N–H and O–H groups in total. The van der Waals surface area contributed by atoms with Crippen molar-refractivity contribution in [2.75, 3.05) is 18.1 Å². The van der Waals surface area contributed by atoms with Gasteiger partial charge in [-0.15, -0.1) is 0 Å². The number of carbonyl (C=O) groups excluding carboxylic acids is 1. The van der Waals surface area contributed by atoms with Crippen LogP contribution in [0.1, 0.15) is 39.5 Å². The maximum atomic E-state index is 11.9. The number of thioether (sulfide) groups is 1. The van der Waals surface area contributed by atoms with E-state index in [1.165, 1.54) is 24.3 Å². The number of hydrogen-bond acceptors (Lipinski definition) is 3. The molecule has 1 aliphatic heterocycles. The Hall–Kier alpha value is -0.220. The van der Waals surface area contributed by atoms with Crippen LogP contribution in [-0.4, -0.2) is 30.0 Å². The average molecular weight is 258 g/mol. The lowest BCUT2D eigenvalue weighted by molar-refractivity contribution is -0.122. The van der Waals surface area contributed by atoms with E-state index in [-0.39, 0.29) is 11.9 Å². The molecule has 1 rings (SSSR count). The summed E-state index contributed by atoms with van der Waals surface area (Å²) >= 11 is 2.00. The highest BCUT2D eigenvalue weighted by molar-refractivity contribution is 7.99. The molecule has 4 heteroatoms. The Labute approximate surface area is 109 Å². The third-order valence-electron chi connectivity index (χ3n) is 3.22. The molecule has 0 aromatic heterocycles. The Kier molecular flexibility index (Phi) is 6.97. The van der Waals surface area contributed by atoms with E-state index in [0.29, 0.717) is 24.8 Å². The first kappa shape index (κ1) is 14.8. The van der Waals surface area contributed by atoms with E-state index < -0.39 is 0 Å². The highest BCUT2D eigenvalue weighted by Crippen LogP contribution is 2.25. The van der Waals surface area contributed by atoms with E-state index in [1.807, 2.05) is 11.8 Å². The van der Waals surface area contributed by atoms with Gasteiger partial charge in [0.1, 0.15) is 0 Å². The van der Waals surface area contributed by atoms with Gasteiger partial charge in [0.15, 0.2) is 0 Å². The Morgan fingerprint density at radius 2 is 2.06 bits per heavy atom. The SMILES string of the molecule is CC(C)CC(CN)NC(=O)CC1CCSCC1. The van der Waals surface area contributed by atoms with Crippen molar-refractivity contribution in [2.45, 2.75) is 45.6 Å². The van der Waals surface area contributed by atoms with Gasteiger partial charge in [-0.05, 0) is 42.6 Å². The van der Waals surface area contributed by atoms with Crippen LogP contribution in [0.4, 0.5) is 0 Å². The maximum Gasteiger partial charge on any atom is 0.220 e. The quantitative estimate of drug-likeness (QED) is 0.766. The molecule has 100 valence electrons. The van der Waals surface area contributed by atoms with Gasteiger partial charge in [-0.1, -0.05) is 13.8 Å². The van der Waals surface area contributed by atoms with Crippen LogP contribution >= 0.6 is 11.8 Å². The third-order valence-corrected chi connectivity index (χ3v) is 4.27. The summed E-state index contributed by atoms with van der Waals surface area (Å²) in [5, 5.41) is 3.07. The van der Waals surface area contributed by atoms with Gasteiger partial charge < -0.3 is 11.1 Å². The van der Waals surface area contributed by atoms with Gasteiger partial charge in [0, 0.05) is 19.0 Å². The molecule has 1 aliphatic rings. The fourth-order valence-corrected chi connectivity index (χ4v) is 3.49. The lowest BCUT2D eigenvalue weighted by Crippen LogP contribution is -2.41. The van der Waals surface area contributed by atoms with Gasteiger partial charge in [-0.2, -0.15) is 11.8 Å². The van der Waals surface area contributed by atoms with Crippen LogP contribution in [0.3, 0.4) is 0 Å². The van der Waals surface area contributed by atoms with Crippen molar-refractivity contribution in [3.05, 3.63) is 0 Å². The first-order valence-corrected chi connectivity index (χ1v) is 7.84. The summed E-state index contributed by atoms with van der Waals surface area (Å²) in [6, 6.07) is 0.153. The van der Waals surface area contributed by atoms with Crippen LogP contribution in [0.25, 0.3) is 0 Å². The van der Waals surface area contributed by atoms with Gasteiger partial charge in [0.05, 0.1) is 0 Å². The van der Waals surface area contributed by atoms with Crippen LogP contribution in [0, 0.1) is 11.8 Å². The van der Waals surface area contributed by atoms with Crippen molar-refractivity contribution in [1.29, 1.82) is 0 Å². The molecule has 0 radical (unpaired) electrons. The van der Waals surface area contributed by atoms with E-state index in [9.17, 15) is 4.79 Å². The molecule has 0 aliphatic carbocycles. The molecule has 3 nitrogen and oxygen atoms in total. The predicted octanol–water partition coefficient (Wildman–Crippen LogP) is 2.01. The molecule has 0 saturated carbocycles. The van der Waals surface area contributed by atoms with Crippen molar-refractivity contribution in [3.63, 3.8) is 0 Å². The fourth-order valence-electron chi connectivity index (χ4n) is 2.28. The summed E-state index contributed by atoms with van der Waals surface area (Å²) in [4.78, 5) is 11.9. The highest BCUT2D eigenvalue weighted by Gasteiger charge is 2.19. The zero-order chi connectivity index (χ0) is 12.7. The topological polar surface area (TPSA) is 55.1 Å². The van der Waals surface area contributed by atoms with E-state index in [1.54, 1.807) is 0 Å². The lowest BCUT2D eigenvalue weighted by Gasteiger charge is -2.23. The molecular formula is C13H26N2OS. The summed E-state index contributed by atoms with van der Waals surface area (Å²) in [5.41, 5.74) is 5.68. The molecule has 1 heterocycles. The number of nitrogens with two attached hydrogens (primary N) is 1. The first-order valence-electron chi connectivity index (χ1n) is 6.69. The standard InChI is InChI=1S/C13H26N2OS/c1-10(2)7-12(9-14)15-13(16)8-11-3-5-17-6-4-11/h10-12H,3-9,14H2,1-2H3,(H,15,16). The second-order valence-corrected chi connectivity index (χ2v) is 6.61. The minimum Gasteiger partial charge on any atom is -0.352 e. The monoisotopic (exact) mass is 258 g/mol. The molecule has 1 saturated heterocycles. The normalized spacial score (nSPS) is 19.3. The van der Waals surface area contributed by atoms with Crippen molar-refractivity contribution < 1.29 is 4.79 Å². The maximum absolute atomic E-state index is 11.9. The molecule has 0 aromatic rings. The van der Waals surface area contributed by atoms with Crippen molar-refractivity contribution >= 4 is 17.7 Å². The Bertz CT molecular complexity index is 227. The van der Waals surface area contributed by atoms with Crippen molar-refractivity contribution in [2.24, 2.45) is 17.6 Å². The van der Waals surface area contributed by atoms with Crippen LogP contribution in [0.2, 0.25) is 0 Å². The van der Waals surface area contributed by atoms with E-state index in [4.69, 9.17) is 5.73 Å². The molecule has 0 spiro atoms. The van der Waals surface area contributed by atoms with Crippen molar-refractivity contribution in [3.8, 4) is 0 Å². The third kappa shape index (κ3) is 6.32. The summed E-state index contributed by atoms with van der Waals surface area (Å²) in [6.45, 7) is 4.87. The lowest BCUT2D eigenvalue weighted by atomic mass is 9.97. The van der Waals surface area contributed by atoms with Crippen LogP contribution in [-0.2, 0) is 4.79 Å². The summed E-state index contributed by atoms with van der Waals surface area (Å²) < 4.78 is 0. The number of rotatable bonds is 6.